The highest BCUT2D eigenvalue weighted by Crippen LogP contribution is 2.28. The first-order chi connectivity index (χ1) is 9.16. The third kappa shape index (κ3) is 2.77. The number of nitrogens with zero attached hydrogens (tertiary/aromatic N) is 1. The molecular weight excluding hydrogens is 292 g/mol. The quantitative estimate of drug-likeness (QED) is 0.865. The van der Waals surface area contributed by atoms with Gasteiger partial charge in [0.1, 0.15) is 0 Å². The molecule has 0 aromatic heterocycles. The molecule has 0 saturated carbocycles. The lowest BCUT2D eigenvalue weighted by molar-refractivity contribution is 0.0698. The Hall–Kier alpha value is -0.870. The Morgan fingerprint density at radius 3 is 3.00 bits per heavy atom. The molecule has 2 aliphatic heterocycles. The van der Waals surface area contributed by atoms with Crippen LogP contribution in [0.3, 0.4) is 0 Å². The number of thioether (sulfide) groups is 1. The second kappa shape index (κ2) is 6.27. The molecule has 3 rings (SSSR count). The van der Waals surface area contributed by atoms with Crippen LogP contribution in [0.5, 0.6) is 0 Å². The van der Waals surface area contributed by atoms with Crippen molar-refractivity contribution in [3.05, 3.63) is 29.3 Å². The molecule has 0 radical (unpaired) electrons. The summed E-state index contributed by atoms with van der Waals surface area (Å²) in [6, 6.07) is 6.38. The summed E-state index contributed by atoms with van der Waals surface area (Å²) in [6.45, 7) is 6.22. The van der Waals surface area contributed by atoms with E-state index in [2.05, 4.69) is 25.2 Å². The smallest absolute Gasteiger partial charge is 0.254 e. The van der Waals surface area contributed by atoms with E-state index < -0.39 is 0 Å². The van der Waals surface area contributed by atoms with Crippen LogP contribution in [-0.4, -0.2) is 40.9 Å². The minimum absolute atomic E-state index is 0. The molecular formula is C15H21ClN2OS. The van der Waals surface area contributed by atoms with E-state index in [1.807, 2.05) is 28.8 Å². The lowest BCUT2D eigenvalue weighted by atomic mass is 10.1. The van der Waals surface area contributed by atoms with Crippen LogP contribution in [-0.2, 0) is 6.42 Å². The highest BCUT2D eigenvalue weighted by atomic mass is 35.5. The van der Waals surface area contributed by atoms with E-state index in [9.17, 15) is 4.79 Å². The van der Waals surface area contributed by atoms with Crippen molar-refractivity contribution in [1.82, 2.24) is 4.90 Å². The van der Waals surface area contributed by atoms with E-state index in [0.29, 0.717) is 11.3 Å². The van der Waals surface area contributed by atoms with Gasteiger partial charge in [-0.25, -0.2) is 0 Å². The molecule has 2 unspecified atom stereocenters. The van der Waals surface area contributed by atoms with Crippen molar-refractivity contribution in [1.29, 1.82) is 0 Å². The van der Waals surface area contributed by atoms with Gasteiger partial charge in [-0.1, -0.05) is 6.92 Å². The number of carbonyl (C=O) groups excluding carboxylic acids is 1. The fraction of sp³-hybridized carbons (Fsp3) is 0.533. The first-order valence-corrected chi connectivity index (χ1v) is 8.01. The number of benzene rings is 1. The lowest BCUT2D eigenvalue weighted by Crippen LogP contribution is -2.47. The average molecular weight is 313 g/mol. The minimum atomic E-state index is 0. The molecule has 1 fully saturated rings. The summed E-state index contributed by atoms with van der Waals surface area (Å²) in [6.07, 6.45) is 1.03. The Kier molecular flexibility index (Phi) is 4.86. The Morgan fingerprint density at radius 1 is 1.40 bits per heavy atom. The van der Waals surface area contributed by atoms with Crippen molar-refractivity contribution < 1.29 is 4.79 Å². The molecule has 2 heterocycles. The van der Waals surface area contributed by atoms with Crippen molar-refractivity contribution in [3.63, 3.8) is 0 Å². The predicted molar refractivity (Wildman–Crippen MR) is 88.3 cm³/mol. The average Bonchev–Trinajstić information content (AvgIpc) is 2.88. The van der Waals surface area contributed by atoms with Crippen LogP contribution in [0.25, 0.3) is 0 Å². The van der Waals surface area contributed by atoms with Crippen LogP contribution in [0.2, 0.25) is 0 Å². The van der Waals surface area contributed by atoms with Crippen molar-refractivity contribution >= 4 is 35.8 Å². The van der Waals surface area contributed by atoms with E-state index in [-0.39, 0.29) is 18.3 Å². The van der Waals surface area contributed by atoms with Crippen molar-refractivity contribution in [2.45, 2.75) is 31.6 Å². The standard InChI is InChI=1S/C15H20N2OS.ClH/c1-10-11(2)19-8-7-17(10)15(18)13-3-4-14-12(9-13)5-6-16-14;/h3-4,9-11,16H,5-8H2,1-2H3;1H. The second-order valence-electron chi connectivity index (χ2n) is 5.36. The largest absolute Gasteiger partial charge is 0.384 e. The Bertz CT molecular complexity index is 509. The van der Waals surface area contributed by atoms with Gasteiger partial charge in [0.15, 0.2) is 0 Å². The molecule has 0 bridgehead atoms. The SMILES string of the molecule is CC1SCCN(C(=O)c2ccc3c(c2)CCN3)C1C.Cl. The molecule has 2 atom stereocenters. The molecule has 0 spiro atoms. The molecule has 110 valence electrons. The molecule has 20 heavy (non-hydrogen) atoms. The number of carbonyl (C=O) groups is 1. The van der Waals surface area contributed by atoms with E-state index in [1.165, 1.54) is 11.3 Å². The zero-order valence-corrected chi connectivity index (χ0v) is 13.5. The summed E-state index contributed by atoms with van der Waals surface area (Å²) in [5, 5.41) is 3.86. The van der Waals surface area contributed by atoms with Gasteiger partial charge in [0.05, 0.1) is 0 Å². The van der Waals surface area contributed by atoms with Crippen LogP contribution >= 0.6 is 24.2 Å². The maximum Gasteiger partial charge on any atom is 0.254 e. The maximum atomic E-state index is 12.7. The first-order valence-electron chi connectivity index (χ1n) is 6.96. The molecule has 1 aromatic carbocycles. The van der Waals surface area contributed by atoms with Crippen LogP contribution in [0.15, 0.2) is 18.2 Å². The topological polar surface area (TPSA) is 32.3 Å². The fourth-order valence-corrected chi connectivity index (χ4v) is 3.92. The first kappa shape index (κ1) is 15.5. The number of anilines is 1. The molecule has 1 N–H and O–H groups in total. The second-order valence-corrected chi connectivity index (χ2v) is 6.85. The van der Waals surface area contributed by atoms with Gasteiger partial charge in [-0.15, -0.1) is 12.4 Å². The molecule has 3 nitrogen and oxygen atoms in total. The summed E-state index contributed by atoms with van der Waals surface area (Å²) in [5.41, 5.74) is 3.30. The van der Waals surface area contributed by atoms with Gasteiger partial charge in [-0.05, 0) is 37.1 Å². The number of rotatable bonds is 1. The van der Waals surface area contributed by atoms with E-state index in [0.717, 1.165) is 30.8 Å². The number of halogens is 1. The number of nitrogens with one attached hydrogen (secondary N) is 1. The van der Waals surface area contributed by atoms with E-state index >= 15 is 0 Å². The van der Waals surface area contributed by atoms with E-state index in [1.54, 1.807) is 0 Å². The molecule has 2 aliphatic rings. The number of hydrogen-bond donors (Lipinski definition) is 1. The van der Waals surface area contributed by atoms with E-state index in [4.69, 9.17) is 0 Å². The summed E-state index contributed by atoms with van der Waals surface area (Å²) in [7, 11) is 0. The van der Waals surface area contributed by atoms with Gasteiger partial charge < -0.3 is 10.2 Å². The maximum absolute atomic E-state index is 12.7. The molecule has 1 aromatic rings. The third-order valence-electron chi connectivity index (χ3n) is 4.21. The van der Waals surface area contributed by atoms with Gasteiger partial charge in [0.25, 0.3) is 5.91 Å². The third-order valence-corrected chi connectivity index (χ3v) is 5.54. The van der Waals surface area contributed by atoms with Crippen molar-refractivity contribution in [2.24, 2.45) is 0 Å². The van der Waals surface area contributed by atoms with Gasteiger partial charge in [0.2, 0.25) is 0 Å². The van der Waals surface area contributed by atoms with Crippen LogP contribution in [0.1, 0.15) is 29.8 Å². The highest BCUT2D eigenvalue weighted by molar-refractivity contribution is 8.00. The monoisotopic (exact) mass is 312 g/mol. The molecule has 1 amide bonds. The number of amides is 1. The van der Waals surface area contributed by atoms with Gasteiger partial charge in [-0.3, -0.25) is 4.79 Å². The normalized spacial score (nSPS) is 24.6. The lowest BCUT2D eigenvalue weighted by Gasteiger charge is -2.37. The predicted octanol–water partition coefficient (Wildman–Crippen LogP) is 3.04. The van der Waals surface area contributed by atoms with Crippen molar-refractivity contribution in [2.75, 3.05) is 24.2 Å². The van der Waals surface area contributed by atoms with Gasteiger partial charge >= 0.3 is 0 Å². The van der Waals surface area contributed by atoms with Crippen molar-refractivity contribution in [3.8, 4) is 0 Å². The molecule has 1 saturated heterocycles. The number of fused-ring (bicyclic) bond motifs is 1. The molecule has 0 aliphatic carbocycles. The zero-order valence-electron chi connectivity index (χ0n) is 11.9. The van der Waals surface area contributed by atoms with Crippen LogP contribution < -0.4 is 5.32 Å². The highest BCUT2D eigenvalue weighted by Gasteiger charge is 2.29. The van der Waals surface area contributed by atoms with Gasteiger partial charge in [-0.2, -0.15) is 11.8 Å². The zero-order chi connectivity index (χ0) is 13.4. The fourth-order valence-electron chi connectivity index (χ4n) is 2.82. The Morgan fingerprint density at radius 2 is 2.20 bits per heavy atom. The molecule has 5 heteroatoms. The van der Waals surface area contributed by atoms with Crippen LogP contribution in [0, 0.1) is 0 Å². The summed E-state index contributed by atoms with van der Waals surface area (Å²) in [4.78, 5) is 14.7. The number of hydrogen-bond acceptors (Lipinski definition) is 3. The Balaban J connectivity index is 0.00000147. The summed E-state index contributed by atoms with van der Waals surface area (Å²) < 4.78 is 0. The van der Waals surface area contributed by atoms with Gasteiger partial charge in [0, 0.05) is 41.4 Å². The van der Waals surface area contributed by atoms with Crippen LogP contribution in [0.4, 0.5) is 5.69 Å². The Labute approximate surface area is 130 Å². The summed E-state index contributed by atoms with van der Waals surface area (Å²) >= 11 is 1.96. The minimum Gasteiger partial charge on any atom is -0.384 e. The summed E-state index contributed by atoms with van der Waals surface area (Å²) in [5.74, 6) is 1.23.